The molecular formula is C13H20N2. The average Bonchev–Trinajstić information content (AvgIpc) is 2.22. The fraction of sp³-hybridized carbons (Fsp3) is 0.615. The summed E-state index contributed by atoms with van der Waals surface area (Å²) in [6, 6.07) is 4.78. The van der Waals surface area contributed by atoms with Crippen molar-refractivity contribution < 1.29 is 0 Å². The third-order valence-electron chi connectivity index (χ3n) is 3.30. The molecule has 0 aromatic carbocycles. The van der Waals surface area contributed by atoms with E-state index in [1.165, 1.54) is 31.4 Å². The Bertz CT molecular complexity index is 322. The molecule has 1 aromatic rings. The maximum absolute atomic E-state index is 4.30. The molecule has 0 aliphatic heterocycles. The van der Waals surface area contributed by atoms with Gasteiger partial charge in [0.2, 0.25) is 0 Å². The maximum Gasteiger partial charge on any atom is 0.0603 e. The first kappa shape index (κ1) is 10.5. The zero-order valence-corrected chi connectivity index (χ0v) is 9.66. The zero-order chi connectivity index (χ0) is 10.7. The lowest BCUT2D eigenvalue weighted by Gasteiger charge is -2.28. The third kappa shape index (κ3) is 2.71. The van der Waals surface area contributed by atoms with Gasteiger partial charge in [-0.15, -0.1) is 0 Å². The van der Waals surface area contributed by atoms with Crippen molar-refractivity contribution in [2.24, 2.45) is 5.92 Å². The molecule has 1 aliphatic rings. The summed E-state index contributed by atoms with van der Waals surface area (Å²) in [6.45, 7) is 4.42. The van der Waals surface area contributed by atoms with Crippen molar-refractivity contribution >= 4 is 5.69 Å². The van der Waals surface area contributed by atoms with Crippen molar-refractivity contribution in [1.82, 2.24) is 4.98 Å². The van der Waals surface area contributed by atoms with Gasteiger partial charge in [-0.05, 0) is 37.8 Å². The molecule has 1 aromatic heterocycles. The topological polar surface area (TPSA) is 24.9 Å². The van der Waals surface area contributed by atoms with Crippen LogP contribution >= 0.6 is 0 Å². The van der Waals surface area contributed by atoms with Crippen molar-refractivity contribution in [2.45, 2.75) is 45.6 Å². The molecular weight excluding hydrogens is 184 g/mol. The monoisotopic (exact) mass is 204 g/mol. The molecule has 1 N–H and O–H groups in total. The first-order chi connectivity index (χ1) is 7.25. The Morgan fingerprint density at radius 3 is 3.00 bits per heavy atom. The quantitative estimate of drug-likeness (QED) is 0.798. The molecule has 1 heterocycles. The Morgan fingerprint density at radius 1 is 1.40 bits per heavy atom. The van der Waals surface area contributed by atoms with Gasteiger partial charge in [-0.1, -0.05) is 19.8 Å². The number of aromatic nitrogens is 1. The Hall–Kier alpha value is -1.05. The molecule has 0 spiro atoms. The summed E-state index contributed by atoms with van der Waals surface area (Å²) >= 11 is 0. The smallest absolute Gasteiger partial charge is 0.0603 e. The summed E-state index contributed by atoms with van der Waals surface area (Å²) in [6.07, 6.45) is 7.21. The number of aryl methyl sites for hydroxylation is 1. The van der Waals surface area contributed by atoms with E-state index in [2.05, 4.69) is 30.2 Å². The molecule has 2 rings (SSSR count). The molecule has 0 bridgehead atoms. The highest BCUT2D eigenvalue weighted by molar-refractivity contribution is 5.47. The lowest BCUT2D eigenvalue weighted by molar-refractivity contribution is 0.358. The highest BCUT2D eigenvalue weighted by atomic mass is 14.9. The second-order valence-corrected chi connectivity index (χ2v) is 4.75. The minimum absolute atomic E-state index is 0.650. The fourth-order valence-corrected chi connectivity index (χ4v) is 2.42. The van der Waals surface area contributed by atoms with E-state index in [0.717, 1.165) is 11.6 Å². The average molecular weight is 204 g/mol. The van der Waals surface area contributed by atoms with Crippen LogP contribution in [0.15, 0.2) is 18.3 Å². The van der Waals surface area contributed by atoms with Crippen LogP contribution in [0.3, 0.4) is 0 Å². The zero-order valence-electron chi connectivity index (χ0n) is 9.66. The molecule has 2 heteroatoms. The van der Waals surface area contributed by atoms with E-state index in [0.29, 0.717) is 6.04 Å². The van der Waals surface area contributed by atoms with Crippen molar-refractivity contribution in [3.05, 3.63) is 24.0 Å². The van der Waals surface area contributed by atoms with Crippen LogP contribution in [0, 0.1) is 12.8 Å². The maximum atomic E-state index is 4.30. The molecule has 2 atom stereocenters. The van der Waals surface area contributed by atoms with Gasteiger partial charge in [0, 0.05) is 12.2 Å². The first-order valence-corrected chi connectivity index (χ1v) is 5.94. The summed E-state index contributed by atoms with van der Waals surface area (Å²) in [5.74, 6) is 0.869. The standard InChI is InChI=1S/C13H20N2/c1-10-5-3-6-12(9-10)15-13-7-4-8-14-11(13)2/h4,7-8,10,12,15H,3,5-6,9H2,1-2H3. The van der Waals surface area contributed by atoms with Crippen LogP contribution in [0.5, 0.6) is 0 Å². The molecule has 1 saturated carbocycles. The molecule has 0 radical (unpaired) electrons. The van der Waals surface area contributed by atoms with Gasteiger partial charge >= 0.3 is 0 Å². The molecule has 0 saturated heterocycles. The van der Waals surface area contributed by atoms with Crippen molar-refractivity contribution in [3.63, 3.8) is 0 Å². The molecule has 1 aliphatic carbocycles. The second kappa shape index (κ2) is 4.65. The summed E-state index contributed by atoms with van der Waals surface area (Å²) < 4.78 is 0. The van der Waals surface area contributed by atoms with E-state index in [4.69, 9.17) is 0 Å². The van der Waals surface area contributed by atoms with E-state index in [-0.39, 0.29) is 0 Å². The number of nitrogens with zero attached hydrogens (tertiary/aromatic N) is 1. The Kier molecular flexibility index (Phi) is 3.24. The van der Waals surface area contributed by atoms with E-state index >= 15 is 0 Å². The normalized spacial score (nSPS) is 26.3. The van der Waals surface area contributed by atoms with E-state index in [1.54, 1.807) is 0 Å². The Balaban J connectivity index is 1.99. The van der Waals surface area contributed by atoms with Gasteiger partial charge in [0.1, 0.15) is 0 Å². The third-order valence-corrected chi connectivity index (χ3v) is 3.30. The van der Waals surface area contributed by atoms with Crippen LogP contribution in [0.2, 0.25) is 0 Å². The predicted octanol–water partition coefficient (Wildman–Crippen LogP) is 3.38. The summed E-state index contributed by atoms with van der Waals surface area (Å²) in [7, 11) is 0. The van der Waals surface area contributed by atoms with Crippen molar-refractivity contribution in [1.29, 1.82) is 0 Å². The summed E-state index contributed by atoms with van der Waals surface area (Å²) in [5.41, 5.74) is 2.31. The molecule has 1 fully saturated rings. The fourth-order valence-electron chi connectivity index (χ4n) is 2.42. The van der Waals surface area contributed by atoms with Crippen molar-refractivity contribution in [3.8, 4) is 0 Å². The van der Waals surface area contributed by atoms with Crippen LogP contribution in [-0.2, 0) is 0 Å². The van der Waals surface area contributed by atoms with Crippen LogP contribution in [-0.4, -0.2) is 11.0 Å². The largest absolute Gasteiger partial charge is 0.381 e. The number of pyridine rings is 1. The van der Waals surface area contributed by atoms with Crippen LogP contribution in [0.25, 0.3) is 0 Å². The highest BCUT2D eigenvalue weighted by Gasteiger charge is 2.18. The SMILES string of the molecule is Cc1ncccc1NC1CCCC(C)C1. The number of hydrogen-bond donors (Lipinski definition) is 1. The summed E-state index contributed by atoms with van der Waals surface area (Å²) in [5, 5.41) is 3.62. The highest BCUT2D eigenvalue weighted by Crippen LogP contribution is 2.26. The van der Waals surface area contributed by atoms with Gasteiger partial charge in [-0.2, -0.15) is 0 Å². The van der Waals surface area contributed by atoms with E-state index in [9.17, 15) is 0 Å². The van der Waals surface area contributed by atoms with Crippen molar-refractivity contribution in [2.75, 3.05) is 5.32 Å². The molecule has 15 heavy (non-hydrogen) atoms. The van der Waals surface area contributed by atoms with Gasteiger partial charge in [-0.3, -0.25) is 4.98 Å². The van der Waals surface area contributed by atoms with Gasteiger partial charge in [-0.25, -0.2) is 0 Å². The number of hydrogen-bond acceptors (Lipinski definition) is 2. The molecule has 0 amide bonds. The minimum Gasteiger partial charge on any atom is -0.381 e. The lowest BCUT2D eigenvalue weighted by atomic mass is 9.87. The first-order valence-electron chi connectivity index (χ1n) is 5.94. The van der Waals surface area contributed by atoms with E-state index in [1.807, 2.05) is 12.3 Å². The van der Waals surface area contributed by atoms with E-state index < -0.39 is 0 Å². The molecule has 82 valence electrons. The number of anilines is 1. The van der Waals surface area contributed by atoms with Gasteiger partial charge in [0.25, 0.3) is 0 Å². The Morgan fingerprint density at radius 2 is 2.27 bits per heavy atom. The summed E-state index contributed by atoms with van der Waals surface area (Å²) in [4.78, 5) is 4.30. The predicted molar refractivity (Wildman–Crippen MR) is 64.0 cm³/mol. The van der Waals surface area contributed by atoms with Gasteiger partial charge in [0.05, 0.1) is 11.4 Å². The van der Waals surface area contributed by atoms with Gasteiger partial charge < -0.3 is 5.32 Å². The molecule has 2 unspecified atom stereocenters. The van der Waals surface area contributed by atoms with Crippen LogP contribution < -0.4 is 5.32 Å². The Labute approximate surface area is 92.1 Å². The minimum atomic E-state index is 0.650. The second-order valence-electron chi connectivity index (χ2n) is 4.75. The van der Waals surface area contributed by atoms with Crippen LogP contribution in [0.4, 0.5) is 5.69 Å². The van der Waals surface area contributed by atoms with Gasteiger partial charge in [0.15, 0.2) is 0 Å². The molecule has 2 nitrogen and oxygen atoms in total. The lowest BCUT2D eigenvalue weighted by Crippen LogP contribution is -2.26. The number of rotatable bonds is 2. The number of nitrogens with one attached hydrogen (secondary N) is 1. The van der Waals surface area contributed by atoms with Crippen LogP contribution in [0.1, 0.15) is 38.3 Å².